The lowest BCUT2D eigenvalue weighted by atomic mass is 10.1. The lowest BCUT2D eigenvalue weighted by Gasteiger charge is -2.28. The molecule has 3 rings (SSSR count). The van der Waals surface area contributed by atoms with Crippen LogP contribution in [0.15, 0.2) is 41.3 Å². The molecule has 0 bridgehead atoms. The Kier molecular flexibility index (Phi) is 5.52. The Morgan fingerprint density at radius 3 is 2.46 bits per heavy atom. The number of sulfonamides is 1. The van der Waals surface area contributed by atoms with Gasteiger partial charge in [-0.3, -0.25) is 4.90 Å². The molecule has 1 aliphatic heterocycles. The highest BCUT2D eigenvalue weighted by atomic mass is 32.2. The zero-order valence-electron chi connectivity index (χ0n) is 13.9. The van der Waals surface area contributed by atoms with E-state index in [2.05, 4.69) is 10.2 Å². The molecule has 0 aliphatic carbocycles. The monoisotopic (exact) mass is 383 g/mol. The van der Waals surface area contributed by atoms with Gasteiger partial charge in [-0.05, 0) is 30.3 Å². The van der Waals surface area contributed by atoms with E-state index in [-0.39, 0.29) is 10.6 Å². The number of piperazine rings is 1. The highest BCUT2D eigenvalue weighted by molar-refractivity contribution is 7.89. The molecule has 3 N–H and O–H groups in total. The van der Waals surface area contributed by atoms with E-state index in [1.807, 2.05) is 0 Å². The zero-order chi connectivity index (χ0) is 18.7. The third-order valence-corrected chi connectivity index (χ3v) is 4.99. The topological polar surface area (TPSA) is 84.7 Å². The number of nitrogens with one attached hydrogen (secondary N) is 1. The van der Waals surface area contributed by atoms with Gasteiger partial charge in [-0.25, -0.2) is 22.3 Å². The van der Waals surface area contributed by atoms with Crippen molar-refractivity contribution in [2.24, 2.45) is 5.14 Å². The number of hydrogen-bond acceptors (Lipinski definition) is 5. The molecule has 6 nitrogen and oxygen atoms in total. The van der Waals surface area contributed by atoms with Gasteiger partial charge in [-0.15, -0.1) is 0 Å². The molecule has 2 aromatic rings. The van der Waals surface area contributed by atoms with Crippen molar-refractivity contribution in [3.63, 3.8) is 0 Å². The maximum atomic E-state index is 13.4. The molecule has 1 saturated heterocycles. The van der Waals surface area contributed by atoms with E-state index in [0.29, 0.717) is 17.9 Å². The largest absolute Gasteiger partial charge is 0.457 e. The number of rotatable bonds is 5. The van der Waals surface area contributed by atoms with Crippen LogP contribution in [0.3, 0.4) is 0 Å². The molecule has 0 atom stereocenters. The van der Waals surface area contributed by atoms with Crippen molar-refractivity contribution < 1.29 is 21.9 Å². The van der Waals surface area contributed by atoms with Crippen LogP contribution in [0, 0.1) is 11.6 Å². The van der Waals surface area contributed by atoms with Gasteiger partial charge in [-0.1, -0.05) is 0 Å². The van der Waals surface area contributed by atoms with Gasteiger partial charge in [0.05, 0.1) is 4.90 Å². The summed E-state index contributed by atoms with van der Waals surface area (Å²) in [6.07, 6.45) is 0. The molecule has 9 heteroatoms. The minimum absolute atomic E-state index is 0.0275. The summed E-state index contributed by atoms with van der Waals surface area (Å²) in [5.74, 6) is -1.51. The number of nitrogens with zero attached hydrogens (tertiary/aromatic N) is 1. The Morgan fingerprint density at radius 1 is 1.08 bits per heavy atom. The summed E-state index contributed by atoms with van der Waals surface area (Å²) < 4.78 is 55.5. The first kappa shape index (κ1) is 18.7. The number of hydrogen-bond donors (Lipinski definition) is 2. The predicted molar refractivity (Wildman–Crippen MR) is 92.4 cm³/mol. The predicted octanol–water partition coefficient (Wildman–Crippen LogP) is 1.81. The SMILES string of the molecule is NS(=O)(=O)c1ccc(Oc2ccc(F)c(F)c2)c(CN2CCNCC2)c1. The quantitative estimate of drug-likeness (QED) is 0.823. The average molecular weight is 383 g/mol. The molecule has 1 heterocycles. The number of ether oxygens (including phenoxy) is 1. The summed E-state index contributed by atoms with van der Waals surface area (Å²) in [6.45, 7) is 3.70. The van der Waals surface area contributed by atoms with E-state index >= 15 is 0 Å². The van der Waals surface area contributed by atoms with Crippen molar-refractivity contribution >= 4 is 10.0 Å². The molecule has 1 fully saturated rings. The van der Waals surface area contributed by atoms with Gasteiger partial charge in [0.25, 0.3) is 0 Å². The second-order valence-electron chi connectivity index (χ2n) is 6.02. The molecule has 140 valence electrons. The van der Waals surface area contributed by atoms with E-state index in [9.17, 15) is 17.2 Å². The van der Waals surface area contributed by atoms with Gasteiger partial charge in [0.1, 0.15) is 11.5 Å². The smallest absolute Gasteiger partial charge is 0.238 e. The van der Waals surface area contributed by atoms with E-state index in [4.69, 9.17) is 9.88 Å². The van der Waals surface area contributed by atoms with E-state index in [1.54, 1.807) is 0 Å². The third-order valence-electron chi connectivity index (χ3n) is 4.08. The highest BCUT2D eigenvalue weighted by Crippen LogP contribution is 2.29. The maximum Gasteiger partial charge on any atom is 0.238 e. The highest BCUT2D eigenvalue weighted by Gasteiger charge is 2.17. The summed E-state index contributed by atoms with van der Waals surface area (Å²) >= 11 is 0. The molecule has 0 saturated carbocycles. The van der Waals surface area contributed by atoms with Gasteiger partial charge in [0, 0.05) is 44.4 Å². The first-order chi connectivity index (χ1) is 12.3. The molecule has 0 radical (unpaired) electrons. The molecule has 2 aromatic carbocycles. The van der Waals surface area contributed by atoms with Crippen LogP contribution in [0.5, 0.6) is 11.5 Å². The van der Waals surface area contributed by atoms with E-state index in [0.717, 1.165) is 38.3 Å². The van der Waals surface area contributed by atoms with Crippen LogP contribution < -0.4 is 15.2 Å². The van der Waals surface area contributed by atoms with Crippen LogP contribution in [-0.2, 0) is 16.6 Å². The maximum absolute atomic E-state index is 13.4. The van der Waals surface area contributed by atoms with Crippen LogP contribution in [0.25, 0.3) is 0 Å². The van der Waals surface area contributed by atoms with Crippen LogP contribution >= 0.6 is 0 Å². The second-order valence-corrected chi connectivity index (χ2v) is 7.58. The molecule has 0 aromatic heterocycles. The standard InChI is InChI=1S/C17H19F2N3O3S/c18-15-3-1-13(10-16(15)19)25-17-4-2-14(26(20,23)24)9-12(17)11-22-7-5-21-6-8-22/h1-4,9-10,21H,5-8,11H2,(H2,20,23,24). The Morgan fingerprint density at radius 2 is 1.81 bits per heavy atom. The molecular weight excluding hydrogens is 364 g/mol. The van der Waals surface area contributed by atoms with Crippen LogP contribution in [-0.4, -0.2) is 39.5 Å². The number of primary sulfonamides is 1. The summed E-state index contributed by atoms with van der Waals surface area (Å²) in [5, 5.41) is 8.45. The summed E-state index contributed by atoms with van der Waals surface area (Å²) in [5.41, 5.74) is 0.600. The Labute approximate surface area is 150 Å². The molecule has 0 unspecified atom stereocenters. The molecule has 26 heavy (non-hydrogen) atoms. The van der Waals surface area contributed by atoms with Crippen molar-refractivity contribution in [3.8, 4) is 11.5 Å². The van der Waals surface area contributed by atoms with Gasteiger partial charge < -0.3 is 10.1 Å². The van der Waals surface area contributed by atoms with Crippen molar-refractivity contribution in [2.45, 2.75) is 11.4 Å². The third kappa shape index (κ3) is 4.55. The number of benzene rings is 2. The Bertz CT molecular complexity index is 900. The molecule has 1 aliphatic rings. The minimum Gasteiger partial charge on any atom is -0.457 e. The molecule has 0 spiro atoms. The molecule has 0 amide bonds. The van der Waals surface area contributed by atoms with Crippen LogP contribution in [0.2, 0.25) is 0 Å². The first-order valence-electron chi connectivity index (χ1n) is 8.04. The van der Waals surface area contributed by atoms with Crippen LogP contribution in [0.4, 0.5) is 8.78 Å². The van der Waals surface area contributed by atoms with Crippen molar-refractivity contribution in [3.05, 3.63) is 53.6 Å². The second kappa shape index (κ2) is 7.67. The fourth-order valence-corrected chi connectivity index (χ4v) is 3.30. The fraction of sp³-hybridized carbons (Fsp3) is 0.294. The number of nitrogens with two attached hydrogens (primary N) is 1. The minimum atomic E-state index is -3.86. The lowest BCUT2D eigenvalue weighted by Crippen LogP contribution is -2.42. The van der Waals surface area contributed by atoms with Crippen LogP contribution in [0.1, 0.15) is 5.56 Å². The lowest BCUT2D eigenvalue weighted by molar-refractivity contribution is 0.231. The normalized spacial score (nSPS) is 15.8. The van der Waals surface area contributed by atoms with Crippen molar-refractivity contribution in [1.29, 1.82) is 0 Å². The van der Waals surface area contributed by atoms with Gasteiger partial charge in [-0.2, -0.15) is 0 Å². The van der Waals surface area contributed by atoms with Crippen molar-refractivity contribution in [1.82, 2.24) is 10.2 Å². The summed E-state index contributed by atoms with van der Waals surface area (Å²) in [7, 11) is -3.86. The van der Waals surface area contributed by atoms with Gasteiger partial charge in [0.15, 0.2) is 11.6 Å². The average Bonchev–Trinajstić information content (AvgIpc) is 2.59. The summed E-state index contributed by atoms with van der Waals surface area (Å²) in [6, 6.07) is 7.47. The van der Waals surface area contributed by atoms with Gasteiger partial charge >= 0.3 is 0 Å². The number of halogens is 2. The zero-order valence-corrected chi connectivity index (χ0v) is 14.7. The molecular formula is C17H19F2N3O3S. The van der Waals surface area contributed by atoms with Crippen molar-refractivity contribution in [2.75, 3.05) is 26.2 Å². The Balaban J connectivity index is 1.92. The van der Waals surface area contributed by atoms with E-state index < -0.39 is 21.7 Å². The Hall–Kier alpha value is -2.07. The fourth-order valence-electron chi connectivity index (χ4n) is 2.73. The van der Waals surface area contributed by atoms with E-state index in [1.165, 1.54) is 24.3 Å². The first-order valence-corrected chi connectivity index (χ1v) is 9.59. The summed E-state index contributed by atoms with van der Waals surface area (Å²) in [4.78, 5) is 2.11. The van der Waals surface area contributed by atoms with Gasteiger partial charge in [0.2, 0.25) is 10.0 Å².